The van der Waals surface area contributed by atoms with E-state index in [-0.39, 0.29) is 24.2 Å². The quantitative estimate of drug-likeness (QED) is 0.178. The fraction of sp³-hybridized carbons (Fsp3) is 0.306. The van der Waals surface area contributed by atoms with Crippen LogP contribution in [0.1, 0.15) is 83.7 Å². The molecule has 4 aromatic carbocycles. The second kappa shape index (κ2) is 17.4. The number of nitrogens with zero attached hydrogens (tertiary/aromatic N) is 4. The normalized spacial score (nSPS) is 17.2. The van der Waals surface area contributed by atoms with Gasteiger partial charge in [-0.1, -0.05) is 36.4 Å². The summed E-state index contributed by atoms with van der Waals surface area (Å²) >= 11 is 0. The van der Waals surface area contributed by atoms with Crippen LogP contribution in [0, 0.1) is 5.41 Å². The summed E-state index contributed by atoms with van der Waals surface area (Å²) in [5, 5.41) is 0. The first-order valence-electron chi connectivity index (χ1n) is 21.0. The highest BCUT2D eigenvalue weighted by atomic mass is 16.5. The van der Waals surface area contributed by atoms with E-state index in [1.54, 1.807) is 13.0 Å². The zero-order valence-corrected chi connectivity index (χ0v) is 34.6. The lowest BCUT2D eigenvalue weighted by atomic mass is 9.92. The predicted octanol–water partition coefficient (Wildman–Crippen LogP) is 7.86. The molecule has 12 heteroatoms. The molecule has 4 aromatic rings. The van der Waals surface area contributed by atoms with Crippen molar-refractivity contribution in [1.29, 1.82) is 0 Å². The van der Waals surface area contributed by atoms with Crippen LogP contribution in [0.15, 0.2) is 106 Å². The topological polar surface area (TPSA) is 170 Å². The Morgan fingerprint density at radius 2 is 1.11 bits per heavy atom. The fourth-order valence-electron chi connectivity index (χ4n) is 8.39. The Bertz CT molecular complexity index is 2500. The summed E-state index contributed by atoms with van der Waals surface area (Å²) < 4.78 is 10.2. The maximum Gasteiger partial charge on any atom is 0.335 e. The number of amidine groups is 2. The molecular formula is C49H50N6O6. The maximum absolute atomic E-state index is 12.7. The number of esters is 2. The SMILES string of the molecule is CCOC(=O)C1=Cc2cc(-c3ccc(C(=O)N4CCCC4)cc3)ccc2N=C(N)C12CC2.COC(=O)C1=Cc2cc(-c3ccc(C(=O)N4CCCC4)cc3)ccc2N=C(N)C1. The first-order valence-corrected chi connectivity index (χ1v) is 21.0. The molecule has 0 aromatic heterocycles. The van der Waals surface area contributed by atoms with Gasteiger partial charge in [-0.05, 0) is 128 Å². The molecule has 0 radical (unpaired) electrons. The van der Waals surface area contributed by atoms with Crippen LogP contribution in [0.2, 0.25) is 0 Å². The Morgan fingerprint density at radius 3 is 1.59 bits per heavy atom. The molecule has 0 bridgehead atoms. The molecule has 4 heterocycles. The molecule has 1 aliphatic carbocycles. The van der Waals surface area contributed by atoms with Gasteiger partial charge in [-0.2, -0.15) is 0 Å². The van der Waals surface area contributed by atoms with E-state index in [0.29, 0.717) is 46.2 Å². The van der Waals surface area contributed by atoms with Gasteiger partial charge in [0.2, 0.25) is 0 Å². The lowest BCUT2D eigenvalue weighted by Gasteiger charge is -2.16. The monoisotopic (exact) mass is 818 g/mol. The lowest BCUT2D eigenvalue weighted by Crippen LogP contribution is -2.30. The fourth-order valence-corrected chi connectivity index (χ4v) is 8.39. The van der Waals surface area contributed by atoms with Gasteiger partial charge < -0.3 is 30.7 Å². The molecule has 2 saturated heterocycles. The van der Waals surface area contributed by atoms with Crippen molar-refractivity contribution in [2.24, 2.45) is 26.9 Å². The van der Waals surface area contributed by atoms with E-state index in [1.165, 1.54) is 7.11 Å². The minimum absolute atomic E-state index is 0.0893. The second-order valence-electron chi connectivity index (χ2n) is 16.0. The van der Waals surface area contributed by atoms with E-state index in [4.69, 9.17) is 20.9 Å². The molecule has 0 atom stereocenters. The summed E-state index contributed by atoms with van der Waals surface area (Å²) in [5.41, 5.74) is 21.3. The summed E-state index contributed by atoms with van der Waals surface area (Å²) in [6.07, 6.45) is 9.84. The highest BCUT2D eigenvalue weighted by Gasteiger charge is 2.53. The average Bonchev–Trinajstić information content (AvgIpc) is 3.65. The molecule has 61 heavy (non-hydrogen) atoms. The lowest BCUT2D eigenvalue weighted by molar-refractivity contribution is -0.139. The van der Waals surface area contributed by atoms with Crippen LogP contribution >= 0.6 is 0 Å². The highest BCUT2D eigenvalue weighted by molar-refractivity contribution is 6.09. The number of likely N-dealkylation sites (tertiary alicyclic amines) is 2. The number of amides is 2. The number of rotatable bonds is 7. The Balaban J connectivity index is 0.000000169. The summed E-state index contributed by atoms with van der Waals surface area (Å²) in [6, 6.07) is 27.1. The van der Waals surface area contributed by atoms with Gasteiger partial charge in [0.15, 0.2) is 0 Å². The van der Waals surface area contributed by atoms with Gasteiger partial charge in [-0.25, -0.2) is 19.6 Å². The summed E-state index contributed by atoms with van der Waals surface area (Å²) in [4.78, 5) is 62.7. The summed E-state index contributed by atoms with van der Waals surface area (Å²) in [6.45, 7) is 5.47. The molecular weight excluding hydrogens is 769 g/mol. The number of carbonyl (C=O) groups is 4. The van der Waals surface area contributed by atoms with Gasteiger partial charge in [0, 0.05) is 60.4 Å². The zero-order chi connectivity index (χ0) is 42.7. The van der Waals surface area contributed by atoms with E-state index in [0.717, 1.165) is 104 Å². The number of fused-ring (bicyclic) bond motifs is 2. The van der Waals surface area contributed by atoms with Crippen LogP contribution in [0.4, 0.5) is 11.4 Å². The van der Waals surface area contributed by atoms with Gasteiger partial charge in [0.1, 0.15) is 11.7 Å². The molecule has 1 saturated carbocycles. The Kier molecular flexibility index (Phi) is 11.7. The average molecular weight is 819 g/mol. The van der Waals surface area contributed by atoms with Crippen molar-refractivity contribution in [2.75, 3.05) is 39.9 Å². The Morgan fingerprint density at radius 1 is 0.639 bits per heavy atom. The molecule has 1 spiro atoms. The van der Waals surface area contributed by atoms with E-state index in [1.807, 2.05) is 101 Å². The van der Waals surface area contributed by atoms with Gasteiger partial charge in [-0.15, -0.1) is 0 Å². The third-order valence-corrected chi connectivity index (χ3v) is 12.0. The van der Waals surface area contributed by atoms with Crippen molar-refractivity contribution in [3.63, 3.8) is 0 Å². The molecule has 0 unspecified atom stereocenters. The van der Waals surface area contributed by atoms with Crippen molar-refractivity contribution in [3.8, 4) is 22.3 Å². The summed E-state index contributed by atoms with van der Waals surface area (Å²) in [5.74, 6) is 0.298. The Labute approximate surface area is 355 Å². The molecule has 5 aliphatic rings. The van der Waals surface area contributed by atoms with Gasteiger partial charge in [-0.3, -0.25) is 9.59 Å². The molecule has 9 rings (SSSR count). The number of ether oxygens (including phenoxy) is 2. The van der Waals surface area contributed by atoms with Gasteiger partial charge >= 0.3 is 11.9 Å². The standard InChI is InChI=1S/C26H27N3O3.C23H23N3O3/c1-2-32-24(31)21-16-20-15-19(9-10-22(20)28-25(27)26(21)11-12-26)17-5-7-18(8-6-17)23(30)29-13-3-4-14-29;1-29-23(28)19-13-18-12-17(8-9-20(18)25-21(24)14-19)15-4-6-16(7-5-15)22(27)26-10-2-3-11-26/h5-10,15-16H,2-4,11-14H2,1H3,(H2,27,28);4-9,12-13H,2-3,10-11,14H2,1H3,(H2,24,25). The predicted molar refractivity (Wildman–Crippen MR) is 237 cm³/mol. The minimum Gasteiger partial charge on any atom is -0.466 e. The maximum atomic E-state index is 12.7. The van der Waals surface area contributed by atoms with Crippen LogP contribution in [-0.4, -0.2) is 85.1 Å². The van der Waals surface area contributed by atoms with Crippen molar-refractivity contribution in [3.05, 3.63) is 118 Å². The molecule has 3 fully saturated rings. The number of hydrogen-bond acceptors (Lipinski definition) is 10. The van der Waals surface area contributed by atoms with E-state index in [2.05, 4.69) is 9.98 Å². The van der Waals surface area contributed by atoms with Crippen LogP contribution in [0.3, 0.4) is 0 Å². The molecule has 2 amide bonds. The highest BCUT2D eigenvalue weighted by Crippen LogP contribution is 2.55. The van der Waals surface area contributed by atoms with E-state index in [9.17, 15) is 19.2 Å². The van der Waals surface area contributed by atoms with E-state index >= 15 is 0 Å². The molecule has 4 N–H and O–H groups in total. The van der Waals surface area contributed by atoms with Gasteiger partial charge in [0.25, 0.3) is 11.8 Å². The van der Waals surface area contributed by atoms with Crippen molar-refractivity contribution >= 4 is 59.0 Å². The summed E-state index contributed by atoms with van der Waals surface area (Å²) in [7, 11) is 1.35. The third-order valence-electron chi connectivity index (χ3n) is 12.0. The Hall–Kier alpha value is -6.82. The number of carbonyl (C=O) groups excluding carboxylic acids is 4. The van der Waals surface area contributed by atoms with Crippen LogP contribution in [0.25, 0.3) is 34.4 Å². The number of aliphatic imine (C=N–C) groups is 2. The number of methoxy groups -OCH3 is 1. The largest absolute Gasteiger partial charge is 0.466 e. The van der Waals surface area contributed by atoms with Crippen LogP contribution < -0.4 is 11.5 Å². The van der Waals surface area contributed by atoms with Crippen molar-refractivity contribution in [2.45, 2.75) is 51.9 Å². The first-order chi connectivity index (χ1) is 29.6. The minimum atomic E-state index is -0.497. The molecule has 4 aliphatic heterocycles. The molecule has 12 nitrogen and oxygen atoms in total. The zero-order valence-electron chi connectivity index (χ0n) is 34.6. The first kappa shape index (κ1) is 40.9. The van der Waals surface area contributed by atoms with Crippen LogP contribution in [-0.2, 0) is 19.1 Å². The number of nitrogens with two attached hydrogens (primary N) is 2. The van der Waals surface area contributed by atoms with Crippen LogP contribution in [0.5, 0.6) is 0 Å². The van der Waals surface area contributed by atoms with Crippen molar-refractivity contribution < 1.29 is 28.7 Å². The third kappa shape index (κ3) is 8.61. The van der Waals surface area contributed by atoms with Gasteiger partial charge in [0.05, 0.1) is 36.1 Å². The number of hydrogen-bond donors (Lipinski definition) is 2. The van der Waals surface area contributed by atoms with Crippen molar-refractivity contribution in [1.82, 2.24) is 9.80 Å². The smallest absolute Gasteiger partial charge is 0.335 e. The number of benzene rings is 4. The molecule has 312 valence electrons. The van der Waals surface area contributed by atoms with E-state index < -0.39 is 11.4 Å². The second-order valence-corrected chi connectivity index (χ2v) is 16.0.